The van der Waals surface area contributed by atoms with Gasteiger partial charge in [0.2, 0.25) is 0 Å². The fourth-order valence-electron chi connectivity index (χ4n) is 3.07. The van der Waals surface area contributed by atoms with Crippen molar-refractivity contribution in [3.63, 3.8) is 0 Å². The Labute approximate surface area is 111 Å². The van der Waals surface area contributed by atoms with E-state index in [-0.39, 0.29) is 0 Å². The van der Waals surface area contributed by atoms with Crippen LogP contribution in [0.2, 0.25) is 0 Å². The van der Waals surface area contributed by atoms with E-state index >= 15 is 0 Å². The summed E-state index contributed by atoms with van der Waals surface area (Å²) in [5.74, 6) is 2.17. The summed E-state index contributed by atoms with van der Waals surface area (Å²) >= 11 is 0. The lowest BCUT2D eigenvalue weighted by Gasteiger charge is -2.36. The fourth-order valence-corrected chi connectivity index (χ4v) is 3.07. The van der Waals surface area contributed by atoms with E-state index in [4.69, 9.17) is 0 Å². The average molecular weight is 246 g/mol. The maximum absolute atomic E-state index is 9.70. The Bertz CT molecular complexity index is 377. The van der Waals surface area contributed by atoms with E-state index in [0.717, 1.165) is 23.8 Å². The number of rotatable bonds is 6. The van der Waals surface area contributed by atoms with Crippen molar-refractivity contribution in [1.29, 1.82) is 0 Å². The summed E-state index contributed by atoms with van der Waals surface area (Å²) in [6, 6.07) is 6.20. The molecular formula is C17H26O. The summed E-state index contributed by atoms with van der Waals surface area (Å²) in [7, 11) is 0. The number of hydrogen-bond acceptors (Lipinski definition) is 1. The molecule has 1 saturated carbocycles. The molecule has 2 rings (SSSR count). The summed E-state index contributed by atoms with van der Waals surface area (Å²) in [5, 5.41) is 9.70. The number of unbranched alkanes of at least 4 members (excludes halogenated alkanes) is 2. The zero-order valence-electron chi connectivity index (χ0n) is 11.8. The molecule has 100 valence electrons. The van der Waals surface area contributed by atoms with Gasteiger partial charge in [-0.2, -0.15) is 0 Å². The lowest BCUT2D eigenvalue weighted by molar-refractivity contribution is 0.241. The third kappa shape index (κ3) is 3.07. The van der Waals surface area contributed by atoms with E-state index in [1.54, 1.807) is 0 Å². The molecule has 1 heteroatoms. The Morgan fingerprint density at radius 3 is 2.61 bits per heavy atom. The smallest absolute Gasteiger partial charge is 0.118 e. The number of phenolic OH excluding ortho intramolecular Hbond substituents is 1. The van der Waals surface area contributed by atoms with Gasteiger partial charge in [0.1, 0.15) is 5.75 Å². The number of aromatic hydroxyl groups is 1. The zero-order chi connectivity index (χ0) is 13.0. The Morgan fingerprint density at radius 2 is 1.94 bits per heavy atom. The number of aryl methyl sites for hydroxylation is 1. The second-order valence-electron chi connectivity index (χ2n) is 5.77. The van der Waals surface area contributed by atoms with Crippen molar-refractivity contribution in [2.24, 2.45) is 5.92 Å². The van der Waals surface area contributed by atoms with Crippen molar-refractivity contribution in [2.75, 3.05) is 0 Å². The van der Waals surface area contributed by atoms with Gasteiger partial charge in [-0.3, -0.25) is 0 Å². The van der Waals surface area contributed by atoms with E-state index in [9.17, 15) is 5.11 Å². The molecule has 1 nitrogen and oxygen atoms in total. The first-order chi connectivity index (χ1) is 8.74. The van der Waals surface area contributed by atoms with Crippen molar-refractivity contribution in [2.45, 2.75) is 64.7 Å². The topological polar surface area (TPSA) is 20.2 Å². The largest absolute Gasteiger partial charge is 0.508 e. The van der Waals surface area contributed by atoms with Crippen LogP contribution < -0.4 is 0 Å². The number of phenols is 1. The van der Waals surface area contributed by atoms with Crippen LogP contribution in [0.3, 0.4) is 0 Å². The summed E-state index contributed by atoms with van der Waals surface area (Å²) in [6.07, 6.45) is 9.18. The van der Waals surface area contributed by atoms with Gasteiger partial charge in [-0.15, -0.1) is 0 Å². The Balaban J connectivity index is 1.84. The molecule has 18 heavy (non-hydrogen) atoms. The van der Waals surface area contributed by atoms with Gasteiger partial charge in [-0.25, -0.2) is 0 Å². The maximum atomic E-state index is 9.70. The van der Waals surface area contributed by atoms with Crippen molar-refractivity contribution >= 4 is 0 Å². The number of benzene rings is 1. The molecule has 0 spiro atoms. The molecule has 1 aromatic carbocycles. The quantitative estimate of drug-likeness (QED) is 0.698. The van der Waals surface area contributed by atoms with Gasteiger partial charge in [-0.1, -0.05) is 51.7 Å². The minimum atomic E-state index is 0.458. The minimum absolute atomic E-state index is 0.458. The van der Waals surface area contributed by atoms with Gasteiger partial charge in [0.15, 0.2) is 0 Å². The third-order valence-corrected chi connectivity index (χ3v) is 4.41. The Morgan fingerprint density at radius 1 is 1.17 bits per heavy atom. The van der Waals surface area contributed by atoms with Gasteiger partial charge < -0.3 is 5.11 Å². The molecular weight excluding hydrogens is 220 g/mol. The van der Waals surface area contributed by atoms with Crippen molar-refractivity contribution in [3.05, 3.63) is 29.3 Å². The van der Waals surface area contributed by atoms with Crippen molar-refractivity contribution in [1.82, 2.24) is 0 Å². The van der Waals surface area contributed by atoms with Crippen LogP contribution in [-0.4, -0.2) is 5.11 Å². The van der Waals surface area contributed by atoms with Crippen LogP contribution in [-0.2, 0) is 6.42 Å². The molecule has 1 aliphatic rings. The monoisotopic (exact) mass is 246 g/mol. The predicted octanol–water partition coefficient (Wildman–Crippen LogP) is 5.03. The Kier molecular flexibility index (Phi) is 4.68. The standard InChI is InChI=1S/C17H26O/c1-3-5-6-7-13-10-16(11-13)15-8-9-17(18)14(4-2)12-15/h8-9,12-13,16,18H,3-7,10-11H2,1-2H3. The van der Waals surface area contributed by atoms with Crippen LogP contribution in [0.1, 0.15) is 69.4 Å². The highest BCUT2D eigenvalue weighted by Gasteiger charge is 2.29. The molecule has 0 unspecified atom stereocenters. The lowest BCUT2D eigenvalue weighted by Crippen LogP contribution is -2.21. The molecule has 0 atom stereocenters. The van der Waals surface area contributed by atoms with Crippen LogP contribution in [0.25, 0.3) is 0 Å². The average Bonchev–Trinajstić information content (AvgIpc) is 2.33. The minimum Gasteiger partial charge on any atom is -0.508 e. The molecule has 0 aliphatic heterocycles. The summed E-state index contributed by atoms with van der Waals surface area (Å²) in [5.41, 5.74) is 2.54. The first-order valence-corrected chi connectivity index (χ1v) is 7.56. The van der Waals surface area contributed by atoms with Gasteiger partial charge >= 0.3 is 0 Å². The molecule has 0 aromatic heterocycles. The highest BCUT2D eigenvalue weighted by atomic mass is 16.3. The molecule has 0 heterocycles. The second kappa shape index (κ2) is 6.26. The van der Waals surface area contributed by atoms with Crippen LogP contribution >= 0.6 is 0 Å². The summed E-state index contributed by atoms with van der Waals surface area (Å²) < 4.78 is 0. The summed E-state index contributed by atoms with van der Waals surface area (Å²) in [4.78, 5) is 0. The molecule has 1 N–H and O–H groups in total. The highest BCUT2D eigenvalue weighted by molar-refractivity contribution is 5.38. The second-order valence-corrected chi connectivity index (χ2v) is 5.77. The normalized spacial score (nSPS) is 22.8. The van der Waals surface area contributed by atoms with Gasteiger partial charge in [0.05, 0.1) is 0 Å². The molecule has 0 amide bonds. The van der Waals surface area contributed by atoms with E-state index in [0.29, 0.717) is 5.75 Å². The van der Waals surface area contributed by atoms with E-state index in [1.807, 2.05) is 6.07 Å². The fraction of sp³-hybridized carbons (Fsp3) is 0.647. The lowest BCUT2D eigenvalue weighted by atomic mass is 9.69. The SMILES string of the molecule is CCCCCC1CC(c2ccc(O)c(CC)c2)C1. The molecule has 1 aliphatic carbocycles. The predicted molar refractivity (Wildman–Crippen MR) is 77.1 cm³/mol. The molecule has 0 bridgehead atoms. The van der Waals surface area contributed by atoms with Crippen LogP contribution in [0.4, 0.5) is 0 Å². The maximum Gasteiger partial charge on any atom is 0.118 e. The van der Waals surface area contributed by atoms with Crippen LogP contribution in [0.5, 0.6) is 5.75 Å². The van der Waals surface area contributed by atoms with E-state index < -0.39 is 0 Å². The highest BCUT2D eigenvalue weighted by Crippen LogP contribution is 2.44. The zero-order valence-corrected chi connectivity index (χ0v) is 11.8. The first-order valence-electron chi connectivity index (χ1n) is 7.56. The molecule has 0 radical (unpaired) electrons. The van der Waals surface area contributed by atoms with Crippen molar-refractivity contribution < 1.29 is 5.11 Å². The summed E-state index contributed by atoms with van der Waals surface area (Å²) in [6.45, 7) is 4.37. The Hall–Kier alpha value is -0.980. The first kappa shape index (κ1) is 13.5. The van der Waals surface area contributed by atoms with Crippen LogP contribution in [0, 0.1) is 5.92 Å². The van der Waals surface area contributed by atoms with E-state index in [2.05, 4.69) is 26.0 Å². The molecule has 1 aromatic rings. The third-order valence-electron chi connectivity index (χ3n) is 4.41. The van der Waals surface area contributed by atoms with Crippen molar-refractivity contribution in [3.8, 4) is 5.75 Å². The molecule has 0 saturated heterocycles. The number of hydrogen-bond donors (Lipinski definition) is 1. The molecule has 1 fully saturated rings. The van der Waals surface area contributed by atoms with Gasteiger partial charge in [0.25, 0.3) is 0 Å². The van der Waals surface area contributed by atoms with Crippen LogP contribution in [0.15, 0.2) is 18.2 Å². The van der Waals surface area contributed by atoms with E-state index in [1.165, 1.54) is 44.1 Å². The van der Waals surface area contributed by atoms with Gasteiger partial charge in [-0.05, 0) is 48.3 Å². The van der Waals surface area contributed by atoms with Gasteiger partial charge in [0, 0.05) is 0 Å².